The van der Waals surface area contributed by atoms with Gasteiger partial charge in [-0.15, -0.1) is 23.5 Å². The number of fused-ring (bicyclic) bond motifs is 1. The van der Waals surface area contributed by atoms with Crippen LogP contribution in [0.4, 0.5) is 0 Å². The zero-order chi connectivity index (χ0) is 22.9. The second kappa shape index (κ2) is 13.2. The number of benzene rings is 2. The lowest BCUT2D eigenvalue weighted by Gasteiger charge is -2.48. The van der Waals surface area contributed by atoms with E-state index in [0.717, 1.165) is 22.6 Å². The highest BCUT2D eigenvalue weighted by Crippen LogP contribution is 2.43. The Labute approximate surface area is 207 Å². The van der Waals surface area contributed by atoms with Crippen molar-refractivity contribution in [2.75, 3.05) is 18.1 Å². The molecule has 0 aromatic heterocycles. The van der Waals surface area contributed by atoms with Crippen molar-refractivity contribution in [3.8, 4) is 0 Å². The van der Waals surface area contributed by atoms with Crippen LogP contribution in [0.15, 0.2) is 60.7 Å². The first-order chi connectivity index (χ1) is 16.3. The van der Waals surface area contributed by atoms with E-state index in [1.807, 2.05) is 59.9 Å². The third-order valence-electron chi connectivity index (χ3n) is 5.93. The normalized spacial score (nSPS) is 27.4. The van der Waals surface area contributed by atoms with Crippen molar-refractivity contribution in [2.24, 2.45) is 0 Å². The third kappa shape index (κ3) is 6.77. The Kier molecular flexibility index (Phi) is 10.0. The van der Waals surface area contributed by atoms with Crippen LogP contribution in [0.3, 0.4) is 0 Å². The minimum Gasteiger partial charge on any atom is -0.346 e. The Bertz CT molecular complexity index is 796. The van der Waals surface area contributed by atoms with Crippen LogP contribution < -0.4 is 0 Å². The fraction of sp³-hybridized carbons (Fsp3) is 0.556. The van der Waals surface area contributed by atoms with Gasteiger partial charge in [0.1, 0.15) is 18.3 Å². The second-order valence-electron chi connectivity index (χ2n) is 8.51. The summed E-state index contributed by atoms with van der Waals surface area (Å²) in [5.41, 5.74) is 2.08. The van der Waals surface area contributed by atoms with E-state index in [-0.39, 0.29) is 18.3 Å². The van der Waals surface area contributed by atoms with Crippen LogP contribution in [0.5, 0.6) is 0 Å². The monoisotopic (exact) mass is 488 g/mol. The fourth-order valence-electron chi connectivity index (χ4n) is 4.06. The molecule has 2 fully saturated rings. The molecule has 0 spiro atoms. The summed E-state index contributed by atoms with van der Waals surface area (Å²) in [7, 11) is 0. The van der Waals surface area contributed by atoms with Crippen LogP contribution >= 0.6 is 23.5 Å². The molecule has 0 aliphatic carbocycles. The van der Waals surface area contributed by atoms with Crippen LogP contribution in [0.25, 0.3) is 0 Å². The predicted octanol–water partition coefficient (Wildman–Crippen LogP) is 6.98. The molecule has 33 heavy (non-hydrogen) atoms. The molecule has 2 aliphatic heterocycles. The van der Waals surface area contributed by atoms with Crippen LogP contribution in [0.2, 0.25) is 0 Å². The molecular formula is C27H36O4S2. The van der Waals surface area contributed by atoms with E-state index in [0.29, 0.717) is 11.2 Å². The lowest BCUT2D eigenvalue weighted by molar-refractivity contribution is -0.361. The Morgan fingerprint density at radius 3 is 1.91 bits per heavy atom. The average Bonchev–Trinajstić information content (AvgIpc) is 2.88. The molecule has 6 heteroatoms. The van der Waals surface area contributed by atoms with Gasteiger partial charge in [-0.2, -0.15) is 0 Å². The molecule has 180 valence electrons. The molecule has 5 atom stereocenters. The van der Waals surface area contributed by atoms with Crippen molar-refractivity contribution in [1.29, 1.82) is 0 Å². The Morgan fingerprint density at radius 2 is 1.33 bits per heavy atom. The molecule has 0 bridgehead atoms. The van der Waals surface area contributed by atoms with Gasteiger partial charge in [-0.25, -0.2) is 0 Å². The summed E-state index contributed by atoms with van der Waals surface area (Å²) < 4.78 is 26.1. The first kappa shape index (κ1) is 25.1. The average molecular weight is 489 g/mol. The summed E-state index contributed by atoms with van der Waals surface area (Å²) >= 11 is 4.03. The molecule has 0 amide bonds. The van der Waals surface area contributed by atoms with Crippen molar-refractivity contribution >= 4 is 23.5 Å². The van der Waals surface area contributed by atoms with Gasteiger partial charge < -0.3 is 18.9 Å². The summed E-state index contributed by atoms with van der Waals surface area (Å²) in [5.74, 6) is 2.26. The van der Waals surface area contributed by atoms with Gasteiger partial charge in [0.05, 0.1) is 11.2 Å². The molecule has 4 nitrogen and oxygen atoms in total. The second-order valence-corrected chi connectivity index (χ2v) is 11.3. The Morgan fingerprint density at radius 1 is 0.758 bits per heavy atom. The quantitative estimate of drug-likeness (QED) is 0.251. The number of unbranched alkanes of at least 4 members (excludes halogenated alkanes) is 2. The lowest BCUT2D eigenvalue weighted by atomic mass is 10.0. The molecule has 0 saturated carbocycles. The SMILES string of the molecule is CCCCSC(SCCCC)[C@@H]1O[C@H](c2ccccc2)O[C@@H]2CO[C@@H](c3ccccc3)O[C@@H]21. The smallest absolute Gasteiger partial charge is 0.184 e. The van der Waals surface area contributed by atoms with E-state index in [2.05, 4.69) is 38.1 Å². The summed E-state index contributed by atoms with van der Waals surface area (Å²) in [5, 5.41) is 0. The first-order valence-corrected chi connectivity index (χ1v) is 14.3. The minimum absolute atomic E-state index is 0.0761. The highest BCUT2D eigenvalue weighted by Gasteiger charge is 2.48. The summed E-state index contributed by atoms with van der Waals surface area (Å²) in [6, 6.07) is 20.4. The van der Waals surface area contributed by atoms with Gasteiger partial charge in [0, 0.05) is 11.1 Å². The van der Waals surface area contributed by atoms with Crippen molar-refractivity contribution in [3.05, 3.63) is 71.8 Å². The Hall–Kier alpha value is -1.02. The van der Waals surface area contributed by atoms with Gasteiger partial charge in [-0.3, -0.25) is 0 Å². The number of hydrogen-bond donors (Lipinski definition) is 0. The van der Waals surface area contributed by atoms with Crippen LogP contribution in [0.1, 0.15) is 63.2 Å². The van der Waals surface area contributed by atoms with E-state index in [1.165, 1.54) is 25.7 Å². The standard InChI is InChI=1S/C27H36O4S2/c1-3-5-17-32-27(33-18-6-4-2)24-23-22(29-26(31-24)21-15-11-8-12-16-21)19-28-25(30-23)20-13-9-7-10-14-20/h7-16,22-27H,3-6,17-19H2,1-2H3/t22-,23+,24-,25-,26-/m1/s1. The highest BCUT2D eigenvalue weighted by atomic mass is 32.2. The van der Waals surface area contributed by atoms with Crippen molar-refractivity contribution in [2.45, 2.75) is 75.0 Å². The fourth-order valence-corrected chi connectivity index (χ4v) is 7.22. The van der Waals surface area contributed by atoms with Crippen molar-refractivity contribution in [3.63, 3.8) is 0 Å². The van der Waals surface area contributed by atoms with Gasteiger partial charge in [0.15, 0.2) is 12.6 Å². The summed E-state index contributed by atoms with van der Waals surface area (Å²) in [6.07, 6.45) is 3.63. The van der Waals surface area contributed by atoms with Gasteiger partial charge >= 0.3 is 0 Å². The zero-order valence-corrected chi connectivity index (χ0v) is 21.3. The largest absolute Gasteiger partial charge is 0.346 e. The lowest BCUT2D eigenvalue weighted by Crippen LogP contribution is -2.56. The zero-order valence-electron chi connectivity index (χ0n) is 19.6. The predicted molar refractivity (Wildman–Crippen MR) is 137 cm³/mol. The topological polar surface area (TPSA) is 36.9 Å². The molecule has 2 aliphatic rings. The van der Waals surface area contributed by atoms with E-state index in [9.17, 15) is 0 Å². The number of thioether (sulfide) groups is 2. The third-order valence-corrected chi connectivity index (χ3v) is 8.99. The van der Waals surface area contributed by atoms with E-state index >= 15 is 0 Å². The molecule has 2 saturated heterocycles. The van der Waals surface area contributed by atoms with Crippen LogP contribution in [0, 0.1) is 0 Å². The number of ether oxygens (including phenoxy) is 4. The van der Waals surface area contributed by atoms with Gasteiger partial charge in [0.25, 0.3) is 0 Å². The molecular weight excluding hydrogens is 452 g/mol. The van der Waals surface area contributed by atoms with Gasteiger partial charge in [0.2, 0.25) is 0 Å². The molecule has 2 heterocycles. The molecule has 0 radical (unpaired) electrons. The highest BCUT2D eigenvalue weighted by molar-refractivity contribution is 8.17. The molecule has 0 N–H and O–H groups in total. The van der Waals surface area contributed by atoms with Crippen LogP contribution in [-0.2, 0) is 18.9 Å². The van der Waals surface area contributed by atoms with E-state index in [1.54, 1.807) is 0 Å². The molecule has 0 unspecified atom stereocenters. The minimum atomic E-state index is -0.404. The van der Waals surface area contributed by atoms with Gasteiger partial charge in [-0.1, -0.05) is 87.4 Å². The first-order valence-electron chi connectivity index (χ1n) is 12.2. The maximum Gasteiger partial charge on any atom is 0.184 e. The molecule has 2 aromatic rings. The summed E-state index contributed by atoms with van der Waals surface area (Å²) in [4.78, 5) is 0. The summed E-state index contributed by atoms with van der Waals surface area (Å²) in [6.45, 7) is 5.00. The van der Waals surface area contributed by atoms with E-state index < -0.39 is 12.6 Å². The molecule has 2 aromatic carbocycles. The maximum atomic E-state index is 6.71. The van der Waals surface area contributed by atoms with E-state index in [4.69, 9.17) is 18.9 Å². The van der Waals surface area contributed by atoms with Crippen molar-refractivity contribution in [1.82, 2.24) is 0 Å². The van der Waals surface area contributed by atoms with Crippen LogP contribution in [-0.4, -0.2) is 41.0 Å². The maximum absolute atomic E-state index is 6.71. The van der Waals surface area contributed by atoms with Gasteiger partial charge in [-0.05, 0) is 24.3 Å². The Balaban J connectivity index is 1.57. The molecule has 4 rings (SSSR count). The number of rotatable bonds is 11. The van der Waals surface area contributed by atoms with Crippen molar-refractivity contribution < 1.29 is 18.9 Å². The number of hydrogen-bond acceptors (Lipinski definition) is 6.